The van der Waals surface area contributed by atoms with E-state index in [1.165, 1.54) is 18.2 Å². The number of benzene rings is 2. The Morgan fingerprint density at radius 1 is 1.22 bits per heavy atom. The number of H-pyrrole nitrogens is 1. The van der Waals surface area contributed by atoms with Gasteiger partial charge < -0.3 is 11.1 Å². The summed E-state index contributed by atoms with van der Waals surface area (Å²) in [6, 6.07) is 12.5. The smallest absolute Gasteiger partial charge is 0.277 e. The highest BCUT2D eigenvalue weighted by atomic mass is 35.5. The SMILES string of the molecule is Nc1nc(SCc2ccccc2F)[nH]c(=O)c1NC(=O)c1ccc(Cl)cc1. The highest BCUT2D eigenvalue weighted by molar-refractivity contribution is 7.98. The number of hydrogen-bond acceptors (Lipinski definition) is 5. The maximum absolute atomic E-state index is 13.7. The van der Waals surface area contributed by atoms with Crippen LogP contribution in [0.15, 0.2) is 58.5 Å². The van der Waals surface area contributed by atoms with Crippen LogP contribution in [0.25, 0.3) is 0 Å². The van der Waals surface area contributed by atoms with E-state index in [2.05, 4.69) is 15.3 Å². The molecule has 0 saturated carbocycles. The Balaban J connectivity index is 1.75. The van der Waals surface area contributed by atoms with Crippen molar-refractivity contribution in [3.63, 3.8) is 0 Å². The highest BCUT2D eigenvalue weighted by Crippen LogP contribution is 2.22. The number of carbonyl (C=O) groups is 1. The van der Waals surface area contributed by atoms with E-state index in [9.17, 15) is 14.0 Å². The molecule has 1 heterocycles. The van der Waals surface area contributed by atoms with Gasteiger partial charge >= 0.3 is 0 Å². The number of hydrogen-bond donors (Lipinski definition) is 3. The fourth-order valence-corrected chi connectivity index (χ4v) is 3.19. The van der Waals surface area contributed by atoms with E-state index < -0.39 is 11.5 Å². The van der Waals surface area contributed by atoms with Crippen molar-refractivity contribution in [2.45, 2.75) is 10.9 Å². The van der Waals surface area contributed by atoms with Gasteiger partial charge in [0.15, 0.2) is 11.0 Å². The monoisotopic (exact) mass is 404 g/mol. The molecule has 4 N–H and O–H groups in total. The number of nitrogens with one attached hydrogen (secondary N) is 2. The Morgan fingerprint density at radius 3 is 2.59 bits per heavy atom. The molecule has 27 heavy (non-hydrogen) atoms. The molecule has 3 rings (SSSR count). The zero-order chi connectivity index (χ0) is 19.4. The Bertz CT molecular complexity index is 1040. The van der Waals surface area contributed by atoms with E-state index in [1.54, 1.807) is 30.3 Å². The molecule has 0 aliphatic heterocycles. The van der Waals surface area contributed by atoms with E-state index in [0.29, 0.717) is 16.1 Å². The number of halogens is 2. The molecule has 0 saturated heterocycles. The van der Waals surface area contributed by atoms with Crippen LogP contribution >= 0.6 is 23.4 Å². The second-order valence-electron chi connectivity index (χ2n) is 5.47. The maximum atomic E-state index is 13.7. The largest absolute Gasteiger partial charge is 0.382 e. The van der Waals surface area contributed by atoms with Crippen molar-refractivity contribution in [3.8, 4) is 0 Å². The van der Waals surface area contributed by atoms with Crippen LogP contribution in [0, 0.1) is 5.82 Å². The fourth-order valence-electron chi connectivity index (χ4n) is 2.21. The third-order valence-electron chi connectivity index (χ3n) is 3.59. The van der Waals surface area contributed by atoms with Gasteiger partial charge in [0.25, 0.3) is 11.5 Å². The number of carbonyl (C=O) groups excluding carboxylic acids is 1. The van der Waals surface area contributed by atoms with E-state index in [1.807, 2.05) is 0 Å². The van der Waals surface area contributed by atoms with Crippen molar-refractivity contribution >= 4 is 40.8 Å². The molecule has 1 amide bonds. The van der Waals surface area contributed by atoms with Crippen LogP contribution < -0.4 is 16.6 Å². The Morgan fingerprint density at radius 2 is 1.93 bits per heavy atom. The Hall–Kier alpha value is -2.84. The number of rotatable bonds is 5. The standard InChI is InChI=1S/C18H14ClFN4O2S/c19-12-7-5-10(6-8-12)16(25)22-14-15(21)23-18(24-17(14)26)27-9-11-3-1-2-4-13(11)20/h1-8H,9H2,(H,22,25)(H3,21,23,24,26). The quantitative estimate of drug-likeness (QED) is 0.444. The maximum Gasteiger partial charge on any atom is 0.277 e. The zero-order valence-electron chi connectivity index (χ0n) is 13.8. The summed E-state index contributed by atoms with van der Waals surface area (Å²) in [6.07, 6.45) is 0. The molecule has 0 aliphatic carbocycles. The van der Waals surface area contributed by atoms with Gasteiger partial charge in [-0.25, -0.2) is 9.37 Å². The van der Waals surface area contributed by atoms with E-state index >= 15 is 0 Å². The van der Waals surface area contributed by atoms with Crippen LogP contribution in [-0.2, 0) is 5.75 Å². The van der Waals surface area contributed by atoms with Crippen molar-refractivity contribution in [1.82, 2.24) is 9.97 Å². The first-order valence-corrected chi connectivity index (χ1v) is 9.13. The molecule has 3 aromatic rings. The van der Waals surface area contributed by atoms with Gasteiger partial charge in [-0.1, -0.05) is 41.6 Å². The van der Waals surface area contributed by atoms with Crippen LogP contribution in [0.4, 0.5) is 15.9 Å². The van der Waals surface area contributed by atoms with Crippen LogP contribution in [0.5, 0.6) is 0 Å². The predicted molar refractivity (Wildman–Crippen MR) is 105 cm³/mol. The molecule has 0 fully saturated rings. The molecule has 138 valence electrons. The van der Waals surface area contributed by atoms with Gasteiger partial charge in [-0.05, 0) is 35.9 Å². The summed E-state index contributed by atoms with van der Waals surface area (Å²) in [7, 11) is 0. The third-order valence-corrected chi connectivity index (χ3v) is 4.77. The number of amides is 1. The molecule has 0 aliphatic rings. The van der Waals surface area contributed by atoms with Crippen LogP contribution in [0.2, 0.25) is 5.02 Å². The van der Waals surface area contributed by atoms with Crippen molar-refractivity contribution in [1.29, 1.82) is 0 Å². The minimum atomic E-state index is -0.596. The summed E-state index contributed by atoms with van der Waals surface area (Å²) in [5.41, 5.74) is 5.86. The average molecular weight is 405 g/mol. The lowest BCUT2D eigenvalue weighted by Gasteiger charge is -2.09. The minimum absolute atomic E-state index is 0.128. The molecule has 9 heteroatoms. The van der Waals surface area contributed by atoms with E-state index in [4.69, 9.17) is 17.3 Å². The van der Waals surface area contributed by atoms with Crippen molar-refractivity contribution < 1.29 is 9.18 Å². The molecule has 0 atom stereocenters. The Kier molecular flexibility index (Phi) is 5.78. The summed E-state index contributed by atoms with van der Waals surface area (Å²) < 4.78 is 13.7. The van der Waals surface area contributed by atoms with Crippen molar-refractivity contribution in [3.05, 3.63) is 80.9 Å². The lowest BCUT2D eigenvalue weighted by atomic mass is 10.2. The third kappa shape index (κ3) is 4.66. The minimum Gasteiger partial charge on any atom is -0.382 e. The number of nitrogen functional groups attached to an aromatic ring is 1. The molecular weight excluding hydrogens is 391 g/mol. The second-order valence-corrected chi connectivity index (χ2v) is 6.87. The van der Waals surface area contributed by atoms with Gasteiger partial charge in [-0.2, -0.15) is 0 Å². The summed E-state index contributed by atoms with van der Waals surface area (Å²) in [6.45, 7) is 0. The van der Waals surface area contributed by atoms with Gasteiger partial charge in [0.2, 0.25) is 0 Å². The lowest BCUT2D eigenvalue weighted by Crippen LogP contribution is -2.23. The van der Waals surface area contributed by atoms with E-state index in [0.717, 1.165) is 11.8 Å². The molecule has 2 aromatic carbocycles. The van der Waals surface area contributed by atoms with Gasteiger partial charge in [0.05, 0.1) is 0 Å². The predicted octanol–water partition coefficient (Wildman–Crippen LogP) is 3.69. The Labute approximate surface area is 163 Å². The van der Waals surface area contributed by atoms with Crippen molar-refractivity contribution in [2.75, 3.05) is 11.1 Å². The molecular formula is C18H14ClFN4O2S. The number of thioether (sulfide) groups is 1. The molecule has 0 radical (unpaired) electrons. The van der Waals surface area contributed by atoms with Crippen LogP contribution in [-0.4, -0.2) is 15.9 Å². The molecule has 6 nitrogen and oxygen atoms in total. The number of aromatic amines is 1. The summed E-state index contributed by atoms with van der Waals surface area (Å²) in [4.78, 5) is 31.1. The first-order valence-electron chi connectivity index (χ1n) is 7.77. The van der Waals surface area contributed by atoms with Gasteiger partial charge in [-0.3, -0.25) is 14.6 Å². The first-order chi connectivity index (χ1) is 12.9. The average Bonchev–Trinajstić information content (AvgIpc) is 2.64. The van der Waals surface area contributed by atoms with Crippen LogP contribution in [0.1, 0.15) is 15.9 Å². The summed E-state index contributed by atoms with van der Waals surface area (Å²) in [5.74, 6) is -0.715. The lowest BCUT2D eigenvalue weighted by molar-refractivity contribution is 0.102. The molecule has 0 bridgehead atoms. The van der Waals surface area contributed by atoms with Crippen molar-refractivity contribution in [2.24, 2.45) is 0 Å². The van der Waals surface area contributed by atoms with Gasteiger partial charge in [-0.15, -0.1) is 0 Å². The second kappa shape index (κ2) is 8.24. The first kappa shape index (κ1) is 18.9. The molecule has 0 spiro atoms. The summed E-state index contributed by atoms with van der Waals surface area (Å²) in [5, 5.41) is 3.16. The summed E-state index contributed by atoms with van der Waals surface area (Å²) >= 11 is 6.91. The van der Waals surface area contributed by atoms with Gasteiger partial charge in [0, 0.05) is 16.3 Å². The number of aromatic nitrogens is 2. The zero-order valence-corrected chi connectivity index (χ0v) is 15.4. The normalized spacial score (nSPS) is 10.6. The molecule has 1 aromatic heterocycles. The van der Waals surface area contributed by atoms with Gasteiger partial charge in [0.1, 0.15) is 11.5 Å². The fraction of sp³-hybridized carbons (Fsp3) is 0.0556. The number of nitrogens with zero attached hydrogens (tertiary/aromatic N) is 1. The molecule has 0 unspecified atom stereocenters. The highest BCUT2D eigenvalue weighted by Gasteiger charge is 2.14. The number of nitrogens with two attached hydrogens (primary N) is 1. The number of anilines is 2. The van der Waals surface area contributed by atoms with Crippen LogP contribution in [0.3, 0.4) is 0 Å². The van der Waals surface area contributed by atoms with E-state index in [-0.39, 0.29) is 28.2 Å². The topological polar surface area (TPSA) is 101 Å².